The monoisotopic (exact) mass is 586 g/mol. The highest BCUT2D eigenvalue weighted by atomic mass is 16.5. The van der Waals surface area contributed by atoms with E-state index in [0.29, 0.717) is 12.2 Å². The van der Waals surface area contributed by atoms with E-state index < -0.39 is 0 Å². The smallest absolute Gasteiger partial charge is 0.132 e. The molecule has 0 saturated heterocycles. The molecule has 1 heterocycles. The summed E-state index contributed by atoms with van der Waals surface area (Å²) in [5, 5.41) is 4.23. The highest BCUT2D eigenvalue weighted by Gasteiger charge is 2.16. The van der Waals surface area contributed by atoms with Gasteiger partial charge in [-0.1, -0.05) is 78.0 Å². The van der Waals surface area contributed by atoms with Gasteiger partial charge in [0.2, 0.25) is 0 Å². The first-order valence-corrected chi connectivity index (χ1v) is 15.2. The number of carbonyl (C=O) groups excluding carboxylic acids is 1. The summed E-state index contributed by atoms with van der Waals surface area (Å²) in [5.74, 6) is 1.29. The van der Waals surface area contributed by atoms with Gasteiger partial charge >= 0.3 is 0 Å². The van der Waals surface area contributed by atoms with Gasteiger partial charge < -0.3 is 10.1 Å². The van der Waals surface area contributed by atoms with Crippen molar-refractivity contribution in [1.82, 2.24) is 15.3 Å². The van der Waals surface area contributed by atoms with Crippen LogP contribution in [-0.2, 0) is 17.6 Å². The zero-order valence-corrected chi connectivity index (χ0v) is 28.5. The maximum Gasteiger partial charge on any atom is 0.132 e. The Bertz CT molecular complexity index is 1400. The van der Waals surface area contributed by atoms with Crippen LogP contribution < -0.4 is 10.1 Å². The molecule has 6 nitrogen and oxygen atoms in total. The van der Waals surface area contributed by atoms with E-state index in [1.165, 1.54) is 16.7 Å². The fourth-order valence-electron chi connectivity index (χ4n) is 4.45. The van der Waals surface area contributed by atoms with Crippen LogP contribution in [-0.4, -0.2) is 35.6 Å². The summed E-state index contributed by atoms with van der Waals surface area (Å²) in [7, 11) is 3.54. The number of ketones is 1. The molecule has 43 heavy (non-hydrogen) atoms. The topological polar surface area (TPSA) is 76.5 Å². The molecular formula is C37H54N4O2. The van der Waals surface area contributed by atoms with Crippen molar-refractivity contribution in [3.63, 3.8) is 0 Å². The van der Waals surface area contributed by atoms with Crippen LogP contribution in [0.3, 0.4) is 0 Å². The molecule has 0 unspecified atom stereocenters. The molecule has 0 amide bonds. The van der Waals surface area contributed by atoms with Crippen molar-refractivity contribution < 1.29 is 9.53 Å². The van der Waals surface area contributed by atoms with Gasteiger partial charge in [-0.25, -0.2) is 9.97 Å². The summed E-state index contributed by atoms with van der Waals surface area (Å²) in [6.07, 6.45) is 7.90. The average molecular weight is 587 g/mol. The predicted octanol–water partition coefficient (Wildman–Crippen LogP) is 9.00. The second-order valence-electron chi connectivity index (χ2n) is 11.8. The van der Waals surface area contributed by atoms with Gasteiger partial charge in [0.05, 0.1) is 18.3 Å². The molecular weight excluding hydrogens is 532 g/mol. The van der Waals surface area contributed by atoms with Crippen LogP contribution in [0.2, 0.25) is 0 Å². The van der Waals surface area contributed by atoms with E-state index in [4.69, 9.17) is 4.74 Å². The highest BCUT2D eigenvalue weighted by Crippen LogP contribution is 2.27. The number of aromatic nitrogens is 2. The molecule has 3 aromatic rings. The van der Waals surface area contributed by atoms with Crippen LogP contribution in [0.1, 0.15) is 97.0 Å². The first kappa shape index (κ1) is 37.2. The molecule has 0 radical (unpaired) electrons. The van der Waals surface area contributed by atoms with E-state index in [-0.39, 0.29) is 5.41 Å². The molecule has 3 rings (SSSR count). The lowest BCUT2D eigenvalue weighted by Gasteiger charge is -2.19. The van der Waals surface area contributed by atoms with Gasteiger partial charge in [-0.15, -0.1) is 0 Å². The SMILES string of the molecule is C=C(C)N/C(C)=C/C(=NC)C(C)(C)C.CCCC(=O)CC.CCc1cc2ncnc(Cc3cccc(C)c3)c2cc1OC. The number of ether oxygens (including phenoxy) is 1. The van der Waals surface area contributed by atoms with Crippen molar-refractivity contribution in [2.24, 2.45) is 10.4 Å². The molecule has 234 valence electrons. The summed E-state index contributed by atoms with van der Waals surface area (Å²) in [6, 6.07) is 12.7. The summed E-state index contributed by atoms with van der Waals surface area (Å²) < 4.78 is 5.51. The number of nitrogens with one attached hydrogen (secondary N) is 1. The quantitative estimate of drug-likeness (QED) is 0.240. The summed E-state index contributed by atoms with van der Waals surface area (Å²) in [4.78, 5) is 23.6. The molecule has 0 spiro atoms. The van der Waals surface area contributed by atoms with Gasteiger partial charge in [0, 0.05) is 54.2 Å². The Kier molecular flexibility index (Phi) is 16.2. The van der Waals surface area contributed by atoms with Crippen LogP contribution in [0.4, 0.5) is 0 Å². The number of rotatable bonds is 10. The number of hydrogen-bond acceptors (Lipinski definition) is 6. The fraction of sp³-hybridized carbons (Fsp3) is 0.459. The zero-order chi connectivity index (χ0) is 32.6. The molecule has 0 atom stereocenters. The maximum absolute atomic E-state index is 10.4. The molecule has 0 aliphatic heterocycles. The minimum atomic E-state index is 0.0900. The summed E-state index contributed by atoms with van der Waals surface area (Å²) >= 11 is 0. The molecule has 0 fully saturated rings. The Hall–Kier alpha value is -3.80. The van der Waals surface area contributed by atoms with Crippen molar-refractivity contribution in [2.45, 2.75) is 94.4 Å². The molecule has 0 saturated carbocycles. The molecule has 6 heteroatoms. The minimum absolute atomic E-state index is 0.0900. The lowest BCUT2D eigenvalue weighted by molar-refractivity contribution is -0.118. The molecule has 0 aliphatic carbocycles. The normalized spacial score (nSPS) is 11.6. The Balaban J connectivity index is 0.000000378. The third-order valence-electron chi connectivity index (χ3n) is 6.65. The zero-order valence-electron chi connectivity index (χ0n) is 28.5. The van der Waals surface area contributed by atoms with Crippen molar-refractivity contribution >= 4 is 22.4 Å². The summed E-state index contributed by atoms with van der Waals surface area (Å²) in [5.41, 5.74) is 8.93. The van der Waals surface area contributed by atoms with Gasteiger partial charge in [0.1, 0.15) is 17.9 Å². The molecule has 2 aromatic carbocycles. The number of aryl methyl sites for hydroxylation is 2. The van der Waals surface area contributed by atoms with Gasteiger partial charge in [-0.3, -0.25) is 9.79 Å². The van der Waals surface area contributed by atoms with Crippen LogP contribution in [0.5, 0.6) is 5.75 Å². The van der Waals surface area contributed by atoms with E-state index in [0.717, 1.165) is 65.1 Å². The molecule has 0 aliphatic rings. The maximum atomic E-state index is 10.4. The minimum Gasteiger partial charge on any atom is -0.496 e. The number of benzene rings is 2. The van der Waals surface area contributed by atoms with E-state index in [2.05, 4.69) is 104 Å². The Labute approximate surface area is 260 Å². The molecule has 1 N–H and O–H groups in total. The molecule has 1 aromatic heterocycles. The van der Waals surface area contributed by atoms with Gasteiger partial charge in [-0.2, -0.15) is 0 Å². The van der Waals surface area contributed by atoms with Crippen molar-refractivity contribution in [2.75, 3.05) is 14.2 Å². The number of allylic oxidation sites excluding steroid dienone is 3. The number of nitrogens with zero attached hydrogens (tertiary/aromatic N) is 3. The van der Waals surface area contributed by atoms with Crippen molar-refractivity contribution in [3.8, 4) is 5.75 Å². The van der Waals surface area contributed by atoms with Crippen LogP contribution in [0.15, 0.2) is 71.8 Å². The third kappa shape index (κ3) is 13.4. The number of Topliss-reactive ketones (excluding diaryl/α,β-unsaturated/α-hetero) is 1. The van der Waals surface area contributed by atoms with Gasteiger partial charge in [0.15, 0.2) is 0 Å². The number of hydrogen-bond donors (Lipinski definition) is 1. The number of aliphatic imine (C=N–C) groups is 1. The standard InChI is InChI=1S/C19H20N2O.C12H22N2.C6H12O/c1-4-15-10-18-16(11-19(15)22-3)17(20-12-21-18)9-14-7-5-6-13(2)8-14;1-9(2)14-10(3)8-11(13-7)12(4,5)6;1-3-5-6(7)4-2/h5-8,10-12H,4,9H2,1-3H3;8,14H,1H2,2-7H3;3-5H2,1-2H3/b;10-8+,13-11?;. The predicted molar refractivity (Wildman–Crippen MR) is 184 cm³/mol. The van der Waals surface area contributed by atoms with E-state index in [9.17, 15) is 4.79 Å². The third-order valence-corrected chi connectivity index (χ3v) is 6.65. The number of methoxy groups -OCH3 is 1. The lowest BCUT2D eigenvalue weighted by atomic mass is 9.89. The highest BCUT2D eigenvalue weighted by molar-refractivity contribution is 5.99. The number of fused-ring (bicyclic) bond motifs is 1. The lowest BCUT2D eigenvalue weighted by Crippen LogP contribution is -2.20. The second-order valence-corrected chi connectivity index (χ2v) is 11.8. The molecule has 0 bridgehead atoms. The Morgan fingerprint density at radius 1 is 1.09 bits per heavy atom. The average Bonchev–Trinajstić information content (AvgIpc) is 2.95. The summed E-state index contributed by atoms with van der Waals surface area (Å²) in [6.45, 7) is 22.4. The number of carbonyl (C=O) groups is 1. The van der Waals surface area contributed by atoms with Crippen molar-refractivity contribution in [1.29, 1.82) is 0 Å². The van der Waals surface area contributed by atoms with Gasteiger partial charge in [-0.05, 0) is 62.9 Å². The van der Waals surface area contributed by atoms with Crippen LogP contribution in [0.25, 0.3) is 10.9 Å². The first-order valence-electron chi connectivity index (χ1n) is 15.2. The van der Waals surface area contributed by atoms with Crippen molar-refractivity contribution in [3.05, 3.63) is 89.2 Å². The van der Waals surface area contributed by atoms with Crippen LogP contribution >= 0.6 is 0 Å². The second kappa shape index (κ2) is 18.7. The van der Waals surface area contributed by atoms with E-state index >= 15 is 0 Å². The Morgan fingerprint density at radius 3 is 2.28 bits per heavy atom. The Morgan fingerprint density at radius 2 is 1.79 bits per heavy atom. The van der Waals surface area contributed by atoms with E-state index in [1.54, 1.807) is 13.4 Å². The van der Waals surface area contributed by atoms with Crippen LogP contribution in [0, 0.1) is 12.3 Å². The van der Waals surface area contributed by atoms with Gasteiger partial charge in [0.25, 0.3) is 0 Å². The first-order chi connectivity index (χ1) is 20.3. The largest absolute Gasteiger partial charge is 0.496 e. The van der Waals surface area contributed by atoms with E-state index in [1.807, 2.05) is 34.7 Å². The fourth-order valence-corrected chi connectivity index (χ4v) is 4.45.